The molecule has 0 spiro atoms. The fraction of sp³-hybridized carbons (Fsp3) is 0.235. The van der Waals surface area contributed by atoms with Crippen LogP contribution in [0, 0.1) is 5.82 Å². The van der Waals surface area contributed by atoms with Gasteiger partial charge in [0.05, 0.1) is 13.5 Å². The summed E-state index contributed by atoms with van der Waals surface area (Å²) in [7, 11) is 1.61. The van der Waals surface area contributed by atoms with E-state index in [-0.39, 0.29) is 22.9 Å². The summed E-state index contributed by atoms with van der Waals surface area (Å²) in [5, 5.41) is 3.03. The van der Waals surface area contributed by atoms with Crippen LogP contribution in [0.25, 0.3) is 0 Å². The van der Waals surface area contributed by atoms with Gasteiger partial charge < -0.3 is 10.1 Å². The number of carbonyl (C=O) groups excluding carboxylic acids is 1. The van der Waals surface area contributed by atoms with Crippen molar-refractivity contribution in [3.8, 4) is 5.75 Å². The monoisotopic (exact) mass is 321 g/mol. The van der Waals surface area contributed by atoms with E-state index in [1.165, 1.54) is 12.1 Å². The molecule has 2 aromatic rings. The molecule has 2 aromatic carbocycles. The van der Waals surface area contributed by atoms with E-state index in [4.69, 9.17) is 16.3 Å². The first-order valence-corrected chi connectivity index (χ1v) is 7.31. The highest BCUT2D eigenvalue weighted by molar-refractivity contribution is 6.31. The number of amides is 1. The van der Waals surface area contributed by atoms with E-state index < -0.39 is 5.82 Å². The normalized spacial score (nSPS) is 10.3. The molecule has 0 atom stereocenters. The molecule has 1 amide bonds. The lowest BCUT2D eigenvalue weighted by Crippen LogP contribution is -2.27. The van der Waals surface area contributed by atoms with Crippen LogP contribution in [0.2, 0.25) is 5.02 Å². The lowest BCUT2D eigenvalue weighted by Gasteiger charge is -2.10. The number of rotatable bonds is 6. The van der Waals surface area contributed by atoms with Crippen LogP contribution in [-0.2, 0) is 17.6 Å². The van der Waals surface area contributed by atoms with Crippen LogP contribution in [0.15, 0.2) is 42.5 Å². The Kier molecular flexibility index (Phi) is 5.78. The molecule has 0 fully saturated rings. The van der Waals surface area contributed by atoms with Gasteiger partial charge in [-0.15, -0.1) is 0 Å². The van der Waals surface area contributed by atoms with Crippen LogP contribution in [0.5, 0.6) is 5.75 Å². The van der Waals surface area contributed by atoms with E-state index in [0.29, 0.717) is 13.0 Å². The van der Waals surface area contributed by atoms with E-state index in [1.807, 2.05) is 24.3 Å². The summed E-state index contributed by atoms with van der Waals surface area (Å²) in [6.45, 7) is 0.450. The summed E-state index contributed by atoms with van der Waals surface area (Å²) in [6, 6.07) is 12.0. The predicted octanol–water partition coefficient (Wildman–Crippen LogP) is 3.39. The Balaban J connectivity index is 1.88. The van der Waals surface area contributed by atoms with E-state index in [9.17, 15) is 9.18 Å². The number of hydrogen-bond acceptors (Lipinski definition) is 2. The van der Waals surface area contributed by atoms with Crippen LogP contribution >= 0.6 is 11.6 Å². The average Bonchev–Trinajstić information content (AvgIpc) is 2.51. The van der Waals surface area contributed by atoms with Crippen molar-refractivity contribution in [3.05, 3.63) is 64.4 Å². The third kappa shape index (κ3) is 4.21. The summed E-state index contributed by atoms with van der Waals surface area (Å²) in [5.41, 5.74) is 1.23. The molecule has 0 aromatic heterocycles. The smallest absolute Gasteiger partial charge is 0.224 e. The first kappa shape index (κ1) is 16.3. The molecule has 22 heavy (non-hydrogen) atoms. The predicted molar refractivity (Wildman–Crippen MR) is 84.8 cm³/mol. The van der Waals surface area contributed by atoms with Crippen molar-refractivity contribution in [3.63, 3.8) is 0 Å². The third-order valence-corrected chi connectivity index (χ3v) is 3.66. The molecular weight excluding hydrogens is 305 g/mol. The van der Waals surface area contributed by atoms with Gasteiger partial charge in [0, 0.05) is 17.1 Å². The molecule has 0 bridgehead atoms. The Bertz CT molecular complexity index is 641. The SMILES string of the molecule is COc1ccccc1CCNC(=O)Cc1c(F)cccc1Cl. The zero-order valence-corrected chi connectivity index (χ0v) is 13.0. The number of nitrogens with one attached hydrogen (secondary N) is 1. The molecule has 0 unspecified atom stereocenters. The van der Waals surface area contributed by atoms with Crippen LogP contribution in [0.4, 0.5) is 4.39 Å². The van der Waals surface area contributed by atoms with Gasteiger partial charge in [0.1, 0.15) is 11.6 Å². The van der Waals surface area contributed by atoms with Crippen molar-refractivity contribution in [2.45, 2.75) is 12.8 Å². The molecule has 0 radical (unpaired) electrons. The van der Waals surface area contributed by atoms with Gasteiger partial charge >= 0.3 is 0 Å². The Morgan fingerprint density at radius 1 is 1.23 bits per heavy atom. The molecule has 0 aliphatic heterocycles. The van der Waals surface area contributed by atoms with Crippen LogP contribution in [-0.4, -0.2) is 19.6 Å². The highest BCUT2D eigenvalue weighted by atomic mass is 35.5. The molecule has 0 aliphatic rings. The number of methoxy groups -OCH3 is 1. The van der Waals surface area contributed by atoms with Gasteiger partial charge in [-0.05, 0) is 30.2 Å². The van der Waals surface area contributed by atoms with Gasteiger partial charge in [0.2, 0.25) is 5.91 Å². The van der Waals surface area contributed by atoms with Gasteiger partial charge in [-0.3, -0.25) is 4.79 Å². The van der Waals surface area contributed by atoms with E-state index in [0.717, 1.165) is 11.3 Å². The minimum atomic E-state index is -0.465. The van der Waals surface area contributed by atoms with Crippen molar-refractivity contribution in [1.82, 2.24) is 5.32 Å². The van der Waals surface area contributed by atoms with Crippen molar-refractivity contribution in [2.75, 3.05) is 13.7 Å². The fourth-order valence-corrected chi connectivity index (χ4v) is 2.40. The summed E-state index contributed by atoms with van der Waals surface area (Å²) >= 11 is 5.91. The molecule has 0 saturated carbocycles. The number of halogens is 2. The van der Waals surface area contributed by atoms with E-state index in [1.54, 1.807) is 13.2 Å². The zero-order valence-electron chi connectivity index (χ0n) is 12.2. The fourth-order valence-electron chi connectivity index (χ4n) is 2.17. The number of ether oxygens (including phenoxy) is 1. The van der Waals surface area contributed by atoms with Crippen molar-refractivity contribution in [1.29, 1.82) is 0 Å². The summed E-state index contributed by atoms with van der Waals surface area (Å²) in [5.74, 6) is 0.0585. The minimum absolute atomic E-state index is 0.0720. The maximum Gasteiger partial charge on any atom is 0.224 e. The molecule has 0 heterocycles. The summed E-state index contributed by atoms with van der Waals surface area (Å²) < 4.78 is 18.9. The van der Waals surface area contributed by atoms with Gasteiger partial charge in [-0.1, -0.05) is 35.9 Å². The maximum absolute atomic E-state index is 13.6. The molecule has 3 nitrogen and oxygen atoms in total. The topological polar surface area (TPSA) is 38.3 Å². The highest BCUT2D eigenvalue weighted by Crippen LogP contribution is 2.19. The van der Waals surface area contributed by atoms with Gasteiger partial charge in [0.15, 0.2) is 0 Å². The number of carbonyl (C=O) groups is 1. The molecule has 116 valence electrons. The Labute approximate surface area is 134 Å². The quantitative estimate of drug-likeness (QED) is 0.885. The van der Waals surface area contributed by atoms with Gasteiger partial charge in [0.25, 0.3) is 0 Å². The number of hydrogen-bond donors (Lipinski definition) is 1. The molecule has 5 heteroatoms. The molecular formula is C17H17ClFNO2. The van der Waals surface area contributed by atoms with E-state index in [2.05, 4.69) is 5.32 Å². The minimum Gasteiger partial charge on any atom is -0.496 e. The largest absolute Gasteiger partial charge is 0.496 e. The van der Waals surface area contributed by atoms with Gasteiger partial charge in [-0.2, -0.15) is 0 Å². The van der Waals surface area contributed by atoms with Crippen molar-refractivity contribution in [2.24, 2.45) is 0 Å². The van der Waals surface area contributed by atoms with Crippen LogP contribution in [0.1, 0.15) is 11.1 Å². The van der Waals surface area contributed by atoms with Gasteiger partial charge in [-0.25, -0.2) is 4.39 Å². The average molecular weight is 322 g/mol. The lowest BCUT2D eigenvalue weighted by molar-refractivity contribution is -0.120. The first-order chi connectivity index (χ1) is 10.6. The van der Waals surface area contributed by atoms with E-state index >= 15 is 0 Å². The van der Waals surface area contributed by atoms with Crippen molar-refractivity contribution < 1.29 is 13.9 Å². The number of benzene rings is 2. The lowest BCUT2D eigenvalue weighted by atomic mass is 10.1. The molecule has 0 aliphatic carbocycles. The second-order valence-corrected chi connectivity index (χ2v) is 5.20. The second-order valence-electron chi connectivity index (χ2n) is 4.79. The third-order valence-electron chi connectivity index (χ3n) is 3.31. The summed E-state index contributed by atoms with van der Waals surface area (Å²) in [6.07, 6.45) is 0.568. The standard InChI is InChI=1S/C17H17ClFNO2/c1-22-16-8-3-2-5-12(16)9-10-20-17(21)11-13-14(18)6-4-7-15(13)19/h2-8H,9-11H2,1H3,(H,20,21). The zero-order chi connectivity index (χ0) is 15.9. The Hall–Kier alpha value is -2.07. The Morgan fingerprint density at radius 2 is 2.00 bits per heavy atom. The van der Waals surface area contributed by atoms with Crippen LogP contribution in [0.3, 0.4) is 0 Å². The van der Waals surface area contributed by atoms with Crippen molar-refractivity contribution >= 4 is 17.5 Å². The second kappa shape index (κ2) is 7.80. The summed E-state index contributed by atoms with van der Waals surface area (Å²) in [4.78, 5) is 11.9. The molecule has 2 rings (SSSR count). The highest BCUT2D eigenvalue weighted by Gasteiger charge is 2.11. The Morgan fingerprint density at radius 3 is 2.73 bits per heavy atom. The first-order valence-electron chi connectivity index (χ1n) is 6.93. The van der Waals surface area contributed by atoms with Crippen LogP contribution < -0.4 is 10.1 Å². The molecule has 1 N–H and O–H groups in total. The number of para-hydroxylation sites is 1. The molecule has 0 saturated heterocycles. The maximum atomic E-state index is 13.6.